The highest BCUT2D eigenvalue weighted by Gasteiger charge is 2.39. The molecule has 2 N–H and O–H groups in total. The van der Waals surface area contributed by atoms with Gasteiger partial charge in [0, 0.05) is 5.56 Å². The first-order chi connectivity index (χ1) is 6.84. The smallest absolute Gasteiger partial charge is 0.316 e. The molecule has 0 bridgehead atoms. The number of hydrogen-bond donors (Lipinski definition) is 1. The minimum Gasteiger partial charge on any atom is -0.316 e. The lowest BCUT2D eigenvalue weighted by Gasteiger charge is -2.18. The first-order valence-electron chi connectivity index (χ1n) is 4.03. The van der Waals surface area contributed by atoms with Crippen LogP contribution in [-0.4, -0.2) is 6.18 Å². The van der Waals surface area contributed by atoms with E-state index in [1.807, 2.05) is 0 Å². The molecule has 0 radical (unpaired) electrons. The normalized spacial score (nSPS) is 14.3. The van der Waals surface area contributed by atoms with Crippen LogP contribution in [0.4, 0.5) is 22.0 Å². The second-order valence-corrected chi connectivity index (χ2v) is 2.95. The van der Waals surface area contributed by atoms with Crippen LogP contribution in [0.5, 0.6) is 0 Å². The van der Waals surface area contributed by atoms with E-state index in [4.69, 9.17) is 5.73 Å². The average Bonchev–Trinajstić information content (AvgIpc) is 2.15. The van der Waals surface area contributed by atoms with Gasteiger partial charge in [0.1, 0.15) is 6.04 Å². The average molecular weight is 225 g/mol. The Labute approximate surface area is 82.7 Å². The van der Waals surface area contributed by atoms with Gasteiger partial charge in [0.2, 0.25) is 0 Å². The maximum Gasteiger partial charge on any atom is 0.407 e. The molecule has 0 amide bonds. The third-order valence-corrected chi connectivity index (χ3v) is 1.92. The highest BCUT2D eigenvalue weighted by molar-refractivity contribution is 5.31. The van der Waals surface area contributed by atoms with Crippen molar-refractivity contribution in [2.45, 2.75) is 18.6 Å². The molecule has 0 aromatic heterocycles. The minimum absolute atomic E-state index is 0.583. The number of hydrogen-bond acceptors (Lipinski definition) is 1. The van der Waals surface area contributed by atoms with Crippen molar-refractivity contribution in [2.75, 3.05) is 0 Å². The van der Waals surface area contributed by atoms with Crippen molar-refractivity contribution in [1.29, 1.82) is 0 Å². The summed E-state index contributed by atoms with van der Waals surface area (Å²) in [7, 11) is 0. The summed E-state index contributed by atoms with van der Waals surface area (Å²) in [5, 5.41) is 0. The van der Waals surface area contributed by atoms with Gasteiger partial charge in [-0.1, -0.05) is 24.3 Å². The Kier molecular flexibility index (Phi) is 3.28. The van der Waals surface area contributed by atoms with Crippen molar-refractivity contribution in [2.24, 2.45) is 5.73 Å². The molecule has 6 heteroatoms. The monoisotopic (exact) mass is 225 g/mol. The summed E-state index contributed by atoms with van der Waals surface area (Å²) in [5.41, 5.74) is 3.59. The molecule has 1 atom stereocenters. The molecule has 0 heterocycles. The van der Waals surface area contributed by atoms with E-state index in [9.17, 15) is 22.0 Å². The third-order valence-electron chi connectivity index (χ3n) is 1.92. The van der Waals surface area contributed by atoms with E-state index in [1.165, 1.54) is 12.1 Å². The molecule has 0 saturated heterocycles. The molecule has 0 aliphatic carbocycles. The third kappa shape index (κ3) is 2.65. The molecule has 0 unspecified atom stereocenters. The summed E-state index contributed by atoms with van der Waals surface area (Å²) in [5.74, 6) is 0. The van der Waals surface area contributed by atoms with Crippen LogP contribution in [0, 0.1) is 0 Å². The maximum absolute atomic E-state index is 12.4. The topological polar surface area (TPSA) is 26.0 Å². The zero-order valence-corrected chi connectivity index (χ0v) is 7.43. The summed E-state index contributed by atoms with van der Waals surface area (Å²) < 4.78 is 61.3. The highest BCUT2D eigenvalue weighted by Crippen LogP contribution is 2.35. The lowest BCUT2D eigenvalue weighted by Crippen LogP contribution is -2.29. The maximum atomic E-state index is 12.4. The SMILES string of the molecule is N[C@@H](c1ccccc1C(F)F)C(F)(F)F. The Morgan fingerprint density at radius 2 is 1.47 bits per heavy atom. The molecule has 1 rings (SSSR count). The lowest BCUT2D eigenvalue weighted by molar-refractivity contribution is -0.149. The molecule has 15 heavy (non-hydrogen) atoms. The standard InChI is InChI=1S/C9H8F5N/c10-8(11)6-4-2-1-3-5(6)7(15)9(12,13)14/h1-4,7-8H,15H2/t7-/m0/s1. The van der Waals surface area contributed by atoms with E-state index in [-0.39, 0.29) is 0 Å². The van der Waals surface area contributed by atoms with E-state index in [2.05, 4.69) is 0 Å². The molecule has 1 nitrogen and oxygen atoms in total. The Morgan fingerprint density at radius 1 is 1.00 bits per heavy atom. The van der Waals surface area contributed by atoms with Gasteiger partial charge in [-0.2, -0.15) is 13.2 Å². The molecule has 1 aromatic carbocycles. The van der Waals surface area contributed by atoms with Crippen LogP contribution in [0.15, 0.2) is 24.3 Å². The van der Waals surface area contributed by atoms with Crippen LogP contribution in [0.2, 0.25) is 0 Å². The van der Waals surface area contributed by atoms with Gasteiger partial charge in [-0.25, -0.2) is 8.78 Å². The largest absolute Gasteiger partial charge is 0.407 e. The van der Waals surface area contributed by atoms with Crippen molar-refractivity contribution in [3.8, 4) is 0 Å². The van der Waals surface area contributed by atoms with Gasteiger partial charge in [-0.15, -0.1) is 0 Å². The van der Waals surface area contributed by atoms with Crippen molar-refractivity contribution < 1.29 is 22.0 Å². The number of alkyl halides is 5. The van der Waals surface area contributed by atoms with E-state index >= 15 is 0 Å². The fraction of sp³-hybridized carbons (Fsp3) is 0.333. The van der Waals surface area contributed by atoms with Crippen LogP contribution in [0.1, 0.15) is 23.6 Å². The first kappa shape index (κ1) is 11.9. The first-order valence-corrected chi connectivity index (χ1v) is 4.03. The highest BCUT2D eigenvalue weighted by atomic mass is 19.4. The van der Waals surface area contributed by atoms with Gasteiger partial charge >= 0.3 is 6.18 Å². The van der Waals surface area contributed by atoms with Gasteiger partial charge in [0.05, 0.1) is 0 Å². The Hall–Kier alpha value is -1.17. The van der Waals surface area contributed by atoms with Crippen molar-refractivity contribution in [3.63, 3.8) is 0 Å². The van der Waals surface area contributed by atoms with Crippen LogP contribution in [0.25, 0.3) is 0 Å². The minimum atomic E-state index is -4.72. The predicted octanol–water partition coefficient (Wildman–Crippen LogP) is 3.19. The Bertz CT molecular complexity index is 334. The van der Waals surface area contributed by atoms with Crippen LogP contribution >= 0.6 is 0 Å². The molecule has 84 valence electrons. The Balaban J connectivity index is 3.14. The zero-order chi connectivity index (χ0) is 11.6. The second kappa shape index (κ2) is 4.14. The lowest BCUT2D eigenvalue weighted by atomic mass is 10.0. The number of nitrogens with two attached hydrogens (primary N) is 1. The summed E-state index contributed by atoms with van der Waals surface area (Å²) in [6.07, 6.45) is -7.68. The van der Waals surface area contributed by atoms with E-state index in [0.29, 0.717) is 0 Å². The van der Waals surface area contributed by atoms with E-state index in [1.54, 1.807) is 0 Å². The summed E-state index contributed by atoms with van der Waals surface area (Å²) in [6, 6.07) is 2.01. The second-order valence-electron chi connectivity index (χ2n) is 2.95. The van der Waals surface area contributed by atoms with Gasteiger partial charge in [-0.3, -0.25) is 0 Å². The fourth-order valence-corrected chi connectivity index (χ4v) is 1.17. The van der Waals surface area contributed by atoms with Gasteiger partial charge < -0.3 is 5.73 Å². The molecule has 1 aromatic rings. The number of benzene rings is 1. The molecular formula is C9H8F5N. The molecule has 0 aliphatic rings. The van der Waals surface area contributed by atoms with Gasteiger partial charge in [0.15, 0.2) is 0 Å². The van der Waals surface area contributed by atoms with Crippen molar-refractivity contribution in [1.82, 2.24) is 0 Å². The predicted molar refractivity (Wildman–Crippen MR) is 44.4 cm³/mol. The Morgan fingerprint density at radius 3 is 1.87 bits per heavy atom. The molecule has 0 aliphatic heterocycles. The van der Waals surface area contributed by atoms with Crippen LogP contribution in [0.3, 0.4) is 0 Å². The van der Waals surface area contributed by atoms with Crippen molar-refractivity contribution >= 4 is 0 Å². The van der Waals surface area contributed by atoms with Gasteiger partial charge in [-0.05, 0) is 5.56 Å². The molecule has 0 saturated carbocycles. The summed E-state index contributed by atoms with van der Waals surface area (Å²) >= 11 is 0. The van der Waals surface area contributed by atoms with Crippen LogP contribution in [-0.2, 0) is 0 Å². The van der Waals surface area contributed by atoms with Crippen molar-refractivity contribution in [3.05, 3.63) is 35.4 Å². The summed E-state index contributed by atoms with van der Waals surface area (Å²) in [4.78, 5) is 0. The van der Waals surface area contributed by atoms with E-state index in [0.717, 1.165) is 12.1 Å². The molecule has 0 spiro atoms. The fourth-order valence-electron chi connectivity index (χ4n) is 1.17. The quantitative estimate of drug-likeness (QED) is 0.768. The number of rotatable bonds is 2. The molecular weight excluding hydrogens is 217 g/mol. The zero-order valence-electron chi connectivity index (χ0n) is 7.43. The molecule has 0 fully saturated rings. The summed E-state index contributed by atoms with van der Waals surface area (Å²) in [6.45, 7) is 0. The number of halogens is 5. The van der Waals surface area contributed by atoms with Crippen LogP contribution < -0.4 is 5.73 Å². The van der Waals surface area contributed by atoms with E-state index < -0.39 is 29.8 Å². The van der Waals surface area contributed by atoms with Gasteiger partial charge in [0.25, 0.3) is 6.43 Å².